The molecule has 0 unspecified atom stereocenters. The fourth-order valence-corrected chi connectivity index (χ4v) is 5.07. The number of nitrogens with zero attached hydrogens (tertiary/aromatic N) is 1. The van der Waals surface area contributed by atoms with Crippen LogP contribution in [0.3, 0.4) is 0 Å². The number of carbonyl (C=O) groups is 2. The largest absolute Gasteiger partial charge is 0.352 e. The summed E-state index contributed by atoms with van der Waals surface area (Å²) in [7, 11) is 0. The maximum Gasteiger partial charge on any atom is 0.243 e. The van der Waals surface area contributed by atoms with Crippen molar-refractivity contribution in [2.45, 2.75) is 69.0 Å². The third-order valence-electron chi connectivity index (χ3n) is 5.71. The molecule has 1 atom stereocenters. The van der Waals surface area contributed by atoms with Crippen LogP contribution in [0.1, 0.15) is 51.0 Å². The molecule has 166 valence electrons. The van der Waals surface area contributed by atoms with Crippen LogP contribution in [-0.4, -0.2) is 34.6 Å². The quantitative estimate of drug-likeness (QED) is 0.465. The lowest BCUT2D eigenvalue weighted by atomic mass is 10.1. The lowest BCUT2D eigenvalue weighted by Crippen LogP contribution is -2.51. The van der Waals surface area contributed by atoms with E-state index in [0.29, 0.717) is 30.2 Å². The molecular weight excluding hydrogens is 428 g/mol. The monoisotopic (exact) mass is 458 g/mol. The first-order valence-electron chi connectivity index (χ1n) is 11.1. The predicted octanol–water partition coefficient (Wildman–Crippen LogP) is 5.69. The van der Waals surface area contributed by atoms with Gasteiger partial charge in [0.15, 0.2) is 0 Å². The van der Waals surface area contributed by atoms with Crippen LogP contribution in [0.25, 0.3) is 0 Å². The van der Waals surface area contributed by atoms with Gasteiger partial charge in [-0.2, -0.15) is 0 Å². The number of thioether (sulfide) groups is 1. The molecule has 3 rings (SSSR count). The average Bonchev–Trinajstić information content (AvgIpc) is 3.28. The summed E-state index contributed by atoms with van der Waals surface area (Å²) in [6.07, 6.45) is 5.29. The fourth-order valence-electron chi connectivity index (χ4n) is 4.01. The second kappa shape index (κ2) is 12.2. The molecule has 0 spiro atoms. The van der Waals surface area contributed by atoms with Gasteiger partial charge in [0.25, 0.3) is 0 Å². The zero-order valence-electron chi connectivity index (χ0n) is 18.1. The van der Waals surface area contributed by atoms with E-state index in [4.69, 9.17) is 11.6 Å². The normalized spacial score (nSPS) is 14.9. The molecule has 0 aromatic heterocycles. The number of halogens is 1. The molecule has 1 saturated carbocycles. The van der Waals surface area contributed by atoms with Crippen molar-refractivity contribution in [3.8, 4) is 0 Å². The molecule has 2 aromatic carbocycles. The number of benzene rings is 2. The predicted molar refractivity (Wildman–Crippen MR) is 128 cm³/mol. The van der Waals surface area contributed by atoms with E-state index in [1.807, 2.05) is 61.5 Å². The van der Waals surface area contributed by atoms with Gasteiger partial charge in [0.1, 0.15) is 6.04 Å². The van der Waals surface area contributed by atoms with Crippen LogP contribution >= 0.6 is 23.4 Å². The summed E-state index contributed by atoms with van der Waals surface area (Å²) < 4.78 is 0. The van der Waals surface area contributed by atoms with Crippen LogP contribution in [-0.2, 0) is 16.1 Å². The maximum atomic E-state index is 13.3. The first kappa shape index (κ1) is 23.7. The van der Waals surface area contributed by atoms with Gasteiger partial charge < -0.3 is 10.2 Å². The summed E-state index contributed by atoms with van der Waals surface area (Å²) >= 11 is 8.04. The van der Waals surface area contributed by atoms with Gasteiger partial charge in [-0.05, 0) is 43.0 Å². The summed E-state index contributed by atoms with van der Waals surface area (Å²) in [5.41, 5.74) is 0.861. The van der Waals surface area contributed by atoms with Crippen molar-refractivity contribution < 1.29 is 9.59 Å². The topological polar surface area (TPSA) is 49.4 Å². The van der Waals surface area contributed by atoms with E-state index < -0.39 is 6.04 Å². The van der Waals surface area contributed by atoms with Crippen molar-refractivity contribution >= 4 is 35.2 Å². The highest BCUT2D eigenvalue weighted by Gasteiger charge is 2.30. The lowest BCUT2D eigenvalue weighted by molar-refractivity contribution is -0.141. The highest BCUT2D eigenvalue weighted by atomic mass is 35.5. The van der Waals surface area contributed by atoms with Gasteiger partial charge in [0.2, 0.25) is 11.8 Å². The Bertz CT molecular complexity index is 856. The number of nitrogens with one attached hydrogen (secondary N) is 1. The van der Waals surface area contributed by atoms with E-state index in [1.54, 1.807) is 16.7 Å². The number of hydrogen-bond donors (Lipinski definition) is 1. The van der Waals surface area contributed by atoms with E-state index in [2.05, 4.69) is 5.32 Å². The Balaban J connectivity index is 1.71. The highest BCUT2D eigenvalue weighted by molar-refractivity contribution is 7.99. The number of amides is 2. The van der Waals surface area contributed by atoms with Crippen molar-refractivity contribution in [2.75, 3.05) is 5.75 Å². The van der Waals surface area contributed by atoms with Crippen LogP contribution in [0.15, 0.2) is 59.5 Å². The Labute approximate surface area is 194 Å². The molecule has 0 saturated heterocycles. The lowest BCUT2D eigenvalue weighted by Gasteiger charge is -2.31. The minimum Gasteiger partial charge on any atom is -0.352 e. The smallest absolute Gasteiger partial charge is 0.243 e. The molecule has 2 amide bonds. The van der Waals surface area contributed by atoms with Gasteiger partial charge in [-0.3, -0.25) is 9.59 Å². The van der Waals surface area contributed by atoms with E-state index >= 15 is 0 Å². The molecule has 1 aliphatic carbocycles. The van der Waals surface area contributed by atoms with Crippen LogP contribution < -0.4 is 5.32 Å². The summed E-state index contributed by atoms with van der Waals surface area (Å²) in [5.74, 6) is 0.602. The molecule has 6 heteroatoms. The summed E-state index contributed by atoms with van der Waals surface area (Å²) in [6.45, 7) is 2.30. The summed E-state index contributed by atoms with van der Waals surface area (Å²) in [5, 5.41) is 3.79. The summed E-state index contributed by atoms with van der Waals surface area (Å²) in [6, 6.07) is 17.3. The van der Waals surface area contributed by atoms with Gasteiger partial charge in [0.05, 0.1) is 0 Å². The molecule has 0 aliphatic heterocycles. The molecule has 0 heterocycles. The Morgan fingerprint density at radius 2 is 1.77 bits per heavy atom. The average molecular weight is 459 g/mol. The Kier molecular flexibility index (Phi) is 9.29. The molecule has 31 heavy (non-hydrogen) atoms. The zero-order chi connectivity index (χ0) is 22.1. The van der Waals surface area contributed by atoms with Gasteiger partial charge in [0, 0.05) is 34.7 Å². The number of rotatable bonds is 10. The number of hydrogen-bond acceptors (Lipinski definition) is 3. The van der Waals surface area contributed by atoms with Crippen LogP contribution in [0.4, 0.5) is 0 Å². The van der Waals surface area contributed by atoms with Crippen LogP contribution in [0.2, 0.25) is 5.02 Å². The maximum absolute atomic E-state index is 13.3. The fraction of sp³-hybridized carbons (Fsp3) is 0.440. The Morgan fingerprint density at radius 1 is 1.10 bits per heavy atom. The molecular formula is C25H31ClN2O2S. The van der Waals surface area contributed by atoms with E-state index in [0.717, 1.165) is 36.1 Å². The minimum atomic E-state index is -0.494. The van der Waals surface area contributed by atoms with E-state index in [9.17, 15) is 9.59 Å². The molecule has 1 aliphatic rings. The third-order valence-corrected chi connectivity index (χ3v) is 7.10. The van der Waals surface area contributed by atoms with Crippen molar-refractivity contribution in [3.05, 3.63) is 65.2 Å². The molecule has 0 radical (unpaired) electrons. The van der Waals surface area contributed by atoms with Crippen molar-refractivity contribution in [2.24, 2.45) is 0 Å². The first-order chi connectivity index (χ1) is 15.1. The van der Waals surface area contributed by atoms with Crippen LogP contribution in [0, 0.1) is 0 Å². The van der Waals surface area contributed by atoms with Crippen molar-refractivity contribution in [1.29, 1.82) is 0 Å². The summed E-state index contributed by atoms with van der Waals surface area (Å²) in [4.78, 5) is 29.2. The molecule has 1 N–H and O–H groups in total. The van der Waals surface area contributed by atoms with Gasteiger partial charge in [-0.25, -0.2) is 0 Å². The standard InChI is InChI=1S/C25H31ClN2O2S/c1-2-23(25(30)27-20-11-7-8-12-20)28(18-19-10-6-9-15-22(19)26)24(29)16-17-31-21-13-4-3-5-14-21/h3-6,9-10,13-15,20,23H,2,7-8,11-12,16-18H2,1H3,(H,27,30)/t23-/m1/s1. The van der Waals surface area contributed by atoms with E-state index in [-0.39, 0.29) is 17.9 Å². The van der Waals surface area contributed by atoms with Crippen LogP contribution in [0.5, 0.6) is 0 Å². The van der Waals surface area contributed by atoms with Gasteiger partial charge in [-0.1, -0.05) is 67.8 Å². The van der Waals surface area contributed by atoms with Crippen molar-refractivity contribution in [1.82, 2.24) is 10.2 Å². The zero-order valence-corrected chi connectivity index (χ0v) is 19.6. The molecule has 1 fully saturated rings. The second-order valence-corrected chi connectivity index (χ2v) is 9.51. The number of carbonyl (C=O) groups excluding carboxylic acids is 2. The SMILES string of the molecule is CC[C@H](C(=O)NC1CCCC1)N(Cc1ccccc1Cl)C(=O)CCSc1ccccc1. The molecule has 4 nitrogen and oxygen atoms in total. The van der Waals surface area contributed by atoms with E-state index in [1.165, 1.54) is 0 Å². The second-order valence-electron chi connectivity index (χ2n) is 7.94. The van der Waals surface area contributed by atoms with Gasteiger partial charge in [-0.15, -0.1) is 11.8 Å². The van der Waals surface area contributed by atoms with Crippen molar-refractivity contribution in [3.63, 3.8) is 0 Å². The Hall–Kier alpha value is -1.98. The highest BCUT2D eigenvalue weighted by Crippen LogP contribution is 2.23. The van der Waals surface area contributed by atoms with Gasteiger partial charge >= 0.3 is 0 Å². The molecule has 0 bridgehead atoms. The third kappa shape index (κ3) is 7.01. The molecule has 2 aromatic rings. The first-order valence-corrected chi connectivity index (χ1v) is 12.5. The minimum absolute atomic E-state index is 0.0169. The Morgan fingerprint density at radius 3 is 2.45 bits per heavy atom.